The number of guanidine groups is 1. The van der Waals surface area contributed by atoms with Crippen molar-refractivity contribution in [3.8, 4) is 0 Å². The normalized spacial score (nSPS) is 26.4. The number of aliphatic carboxylic acids is 2. The monoisotopic (exact) mass is 997 g/mol. The molecule has 11 unspecified atom stereocenters. The van der Waals surface area contributed by atoms with Gasteiger partial charge >= 0.3 is 11.9 Å². The number of nitrogens with one attached hydrogen (secondary N) is 6. The van der Waals surface area contributed by atoms with Crippen LogP contribution in [0.5, 0.6) is 0 Å². The topological polar surface area (TPSA) is 343 Å². The molecule has 0 bridgehead atoms. The Morgan fingerprint density at radius 1 is 0.803 bits per heavy atom. The van der Waals surface area contributed by atoms with Crippen LogP contribution in [0.3, 0.4) is 0 Å². The van der Waals surface area contributed by atoms with E-state index in [1.807, 2.05) is 43.3 Å². The van der Waals surface area contributed by atoms with E-state index in [4.69, 9.17) is 16.2 Å². The standard InChI is InChI=1S/C49H76N10O12/c1-26(2)23-37-46(66)58-40(48(69)70)30(6)42(62)55-35(17-14-22-52-49(50)51)45(65)54-34(19-18-27(3)24-28(4)38(71-10)25-33-15-12-11-13-16-33)29(5)41(61)56-36(47(67)68)20-21-39(60)59(9)32(8)44(64)53-31(7)43(63)57-37/h11-13,15-16,18-19,24,26,28-32,34-38,40H,14,17,20-23,25H2,1-10H3,(H,53,64)(H,54,65)(H,55,62)(H,56,61)(H,57,63)(H,58,66)(H,67,68)(H,69,70)(H4,50,51,52). The van der Waals surface area contributed by atoms with Gasteiger partial charge in [-0.15, -0.1) is 0 Å². The molecule has 394 valence electrons. The average Bonchev–Trinajstić information content (AvgIpc) is 3.31. The van der Waals surface area contributed by atoms with Gasteiger partial charge in [0.05, 0.1) is 24.0 Å². The average molecular weight is 997 g/mol. The minimum Gasteiger partial charge on any atom is -0.480 e. The molecule has 0 aromatic heterocycles. The van der Waals surface area contributed by atoms with Gasteiger partial charge in [0.15, 0.2) is 5.96 Å². The van der Waals surface area contributed by atoms with Crippen LogP contribution >= 0.6 is 0 Å². The van der Waals surface area contributed by atoms with Gasteiger partial charge in [-0.05, 0) is 64.4 Å². The predicted molar refractivity (Wildman–Crippen MR) is 265 cm³/mol. The molecule has 1 aromatic carbocycles. The lowest BCUT2D eigenvalue weighted by molar-refractivity contribution is -0.146. The largest absolute Gasteiger partial charge is 0.480 e. The Hall–Kier alpha value is -6.84. The molecule has 12 N–H and O–H groups in total. The van der Waals surface area contributed by atoms with Crippen LogP contribution in [0.15, 0.2) is 59.1 Å². The molecule has 0 radical (unpaired) electrons. The molecular formula is C49H76N10O12. The molecule has 0 aliphatic carbocycles. The van der Waals surface area contributed by atoms with Crippen LogP contribution in [-0.4, -0.2) is 143 Å². The molecule has 11 atom stereocenters. The molecule has 22 heteroatoms. The van der Waals surface area contributed by atoms with Gasteiger partial charge in [-0.1, -0.05) is 88.8 Å². The van der Waals surface area contributed by atoms with Gasteiger partial charge < -0.3 is 63.2 Å². The first kappa shape index (κ1) is 60.3. The van der Waals surface area contributed by atoms with E-state index in [1.54, 1.807) is 34.0 Å². The van der Waals surface area contributed by atoms with Crippen molar-refractivity contribution >= 4 is 59.2 Å². The molecule has 1 saturated heterocycles. The number of hydrogen-bond acceptors (Lipinski definition) is 11. The summed E-state index contributed by atoms with van der Waals surface area (Å²) < 4.78 is 5.82. The lowest BCUT2D eigenvalue weighted by Gasteiger charge is -2.28. The van der Waals surface area contributed by atoms with Gasteiger partial charge in [-0.2, -0.15) is 0 Å². The summed E-state index contributed by atoms with van der Waals surface area (Å²) in [7, 11) is 2.93. The van der Waals surface area contributed by atoms with Gasteiger partial charge in [-0.3, -0.25) is 38.6 Å². The number of likely N-dealkylation sites (N-methyl/N-ethyl adjacent to an activating group) is 1. The van der Waals surface area contributed by atoms with Crippen LogP contribution in [0.4, 0.5) is 0 Å². The van der Waals surface area contributed by atoms with E-state index in [0.717, 1.165) is 10.5 Å². The van der Waals surface area contributed by atoms with Crippen molar-refractivity contribution in [2.24, 2.45) is 40.1 Å². The first-order valence-corrected chi connectivity index (χ1v) is 23.8. The maximum absolute atomic E-state index is 14.4. The molecule has 1 aliphatic heterocycles. The van der Waals surface area contributed by atoms with Crippen LogP contribution in [0, 0.1) is 23.7 Å². The SMILES string of the molecule is COC(Cc1ccccc1)C(C)C=C(C)C=CC1NC(=O)C(CCCN=C(N)N)NC(=O)C(C)C(C(=O)O)NC(=O)C(CC(C)C)NC(=O)C(C)NC(=O)C(C)N(C)C(=O)CCC(C(=O)O)NC(=O)C1C. The minimum absolute atomic E-state index is 0.0237. The molecule has 1 aliphatic rings. The summed E-state index contributed by atoms with van der Waals surface area (Å²) in [6.45, 7) is 12.7. The molecule has 1 fully saturated rings. The van der Waals surface area contributed by atoms with Crippen molar-refractivity contribution in [2.45, 2.75) is 142 Å². The Balaban J connectivity index is 2.73. The number of amides is 7. The number of rotatable bonds is 15. The smallest absolute Gasteiger partial charge is 0.327 e. The Morgan fingerprint density at radius 2 is 1.41 bits per heavy atom. The zero-order valence-electron chi connectivity index (χ0n) is 42.5. The molecule has 2 rings (SSSR count). The number of nitrogens with zero attached hydrogens (tertiary/aromatic N) is 2. The second kappa shape index (κ2) is 29.4. The minimum atomic E-state index is -1.87. The van der Waals surface area contributed by atoms with Crippen molar-refractivity contribution in [1.82, 2.24) is 36.8 Å². The fourth-order valence-corrected chi connectivity index (χ4v) is 7.61. The van der Waals surface area contributed by atoms with Crippen molar-refractivity contribution in [2.75, 3.05) is 20.7 Å². The third kappa shape index (κ3) is 20.2. The zero-order valence-corrected chi connectivity index (χ0v) is 42.5. The number of allylic oxidation sites excluding steroid dienone is 2. The quantitative estimate of drug-likeness (QED) is 0.0495. The number of carboxylic acids is 2. The van der Waals surface area contributed by atoms with Gasteiger partial charge in [0.25, 0.3) is 0 Å². The lowest BCUT2D eigenvalue weighted by atomic mass is 9.94. The highest BCUT2D eigenvalue weighted by atomic mass is 16.5. The zero-order chi connectivity index (χ0) is 53.7. The summed E-state index contributed by atoms with van der Waals surface area (Å²) >= 11 is 0. The van der Waals surface area contributed by atoms with Gasteiger partial charge in [-0.25, -0.2) is 9.59 Å². The molecule has 71 heavy (non-hydrogen) atoms. The van der Waals surface area contributed by atoms with E-state index < -0.39 is 114 Å². The van der Waals surface area contributed by atoms with E-state index in [1.165, 1.54) is 40.8 Å². The maximum atomic E-state index is 14.4. The molecule has 22 nitrogen and oxygen atoms in total. The van der Waals surface area contributed by atoms with Crippen molar-refractivity contribution in [3.63, 3.8) is 0 Å². The highest BCUT2D eigenvalue weighted by Gasteiger charge is 2.37. The number of ether oxygens (including phenoxy) is 1. The summed E-state index contributed by atoms with van der Waals surface area (Å²) in [6.07, 6.45) is 4.80. The fourth-order valence-electron chi connectivity index (χ4n) is 7.61. The lowest BCUT2D eigenvalue weighted by Crippen LogP contribution is -2.59. The molecule has 0 saturated carbocycles. The van der Waals surface area contributed by atoms with Gasteiger partial charge in [0, 0.05) is 33.0 Å². The first-order chi connectivity index (χ1) is 33.3. The van der Waals surface area contributed by atoms with Crippen molar-refractivity contribution in [3.05, 3.63) is 59.7 Å². The summed E-state index contributed by atoms with van der Waals surface area (Å²) in [5.41, 5.74) is 12.8. The summed E-state index contributed by atoms with van der Waals surface area (Å²) in [4.78, 5) is 126. The number of benzene rings is 1. The van der Waals surface area contributed by atoms with Crippen LogP contribution in [0.25, 0.3) is 0 Å². The maximum Gasteiger partial charge on any atom is 0.327 e. The molecular weight excluding hydrogens is 921 g/mol. The highest BCUT2D eigenvalue weighted by molar-refractivity contribution is 5.97. The second-order valence-electron chi connectivity index (χ2n) is 18.6. The molecule has 1 aromatic rings. The number of carbonyl (C=O) groups excluding carboxylic acids is 7. The number of carboxylic acid groups (broad SMARTS) is 2. The number of methoxy groups -OCH3 is 1. The second-order valence-corrected chi connectivity index (χ2v) is 18.6. The van der Waals surface area contributed by atoms with Crippen LogP contribution in [0.1, 0.15) is 93.1 Å². The van der Waals surface area contributed by atoms with E-state index in [9.17, 15) is 53.4 Å². The Kier molecular flexibility index (Phi) is 24.9. The molecule has 0 spiro atoms. The fraction of sp³-hybridized carbons (Fsp3) is 0.592. The number of carbonyl (C=O) groups is 9. The number of hydrogen-bond donors (Lipinski definition) is 10. The van der Waals surface area contributed by atoms with Crippen molar-refractivity contribution in [1.29, 1.82) is 0 Å². The Bertz CT molecular complexity index is 2110. The Morgan fingerprint density at radius 3 is 1.99 bits per heavy atom. The third-order valence-electron chi connectivity index (χ3n) is 12.3. The van der Waals surface area contributed by atoms with Crippen LogP contribution in [0.2, 0.25) is 0 Å². The van der Waals surface area contributed by atoms with Crippen LogP contribution in [-0.2, 0) is 54.3 Å². The van der Waals surface area contributed by atoms with Crippen molar-refractivity contribution < 1.29 is 58.1 Å². The summed E-state index contributed by atoms with van der Waals surface area (Å²) in [6, 6.07) is -0.00974. The van der Waals surface area contributed by atoms with Gasteiger partial charge in [0.1, 0.15) is 36.3 Å². The third-order valence-corrected chi connectivity index (χ3v) is 12.3. The predicted octanol–water partition coefficient (Wildman–Crippen LogP) is 0.493. The van der Waals surface area contributed by atoms with E-state index in [2.05, 4.69) is 36.9 Å². The summed E-state index contributed by atoms with van der Waals surface area (Å²) in [5, 5.41) is 35.7. The molecule has 1 heterocycles. The van der Waals surface area contributed by atoms with E-state index in [0.29, 0.717) is 12.0 Å². The number of nitrogens with two attached hydrogens (primary N) is 2. The molecule has 7 amide bonds. The van der Waals surface area contributed by atoms with Crippen LogP contribution < -0.4 is 43.4 Å². The van der Waals surface area contributed by atoms with E-state index >= 15 is 0 Å². The van der Waals surface area contributed by atoms with Gasteiger partial charge in [0.2, 0.25) is 41.4 Å². The number of aliphatic imine (C=N–C) groups is 1. The Labute approximate surface area is 416 Å². The first-order valence-electron chi connectivity index (χ1n) is 23.8. The summed E-state index contributed by atoms with van der Waals surface area (Å²) in [5.74, 6) is -12.1. The van der Waals surface area contributed by atoms with E-state index in [-0.39, 0.29) is 56.1 Å². The highest BCUT2D eigenvalue weighted by Crippen LogP contribution is 2.19.